The lowest BCUT2D eigenvalue weighted by Crippen LogP contribution is -2.28. The van der Waals surface area contributed by atoms with Gasteiger partial charge >= 0.3 is 0 Å². The minimum Gasteiger partial charge on any atom is -0.455 e. The SMILES string of the molecule is c1ccc(-c2nc(-c3cccc4c3oc3ccc(-c5cccc6c5C5(CCCCC5)c5ccccc5-6)cc34)c3oc4ccccc4c3n2)cc1. The van der Waals surface area contributed by atoms with Gasteiger partial charge in [-0.1, -0.05) is 122 Å². The smallest absolute Gasteiger partial charge is 0.180 e. The highest BCUT2D eigenvalue weighted by molar-refractivity contribution is 6.14. The van der Waals surface area contributed by atoms with Crippen molar-refractivity contribution in [2.45, 2.75) is 37.5 Å². The first-order valence-corrected chi connectivity index (χ1v) is 17.7. The minimum absolute atomic E-state index is 0.0722. The molecule has 3 heterocycles. The number of nitrogens with zero attached hydrogens (tertiary/aromatic N) is 2. The quantitative estimate of drug-likeness (QED) is 0.192. The molecule has 0 bridgehead atoms. The lowest BCUT2D eigenvalue weighted by molar-refractivity contribution is 0.353. The first-order valence-electron chi connectivity index (χ1n) is 17.7. The third-order valence-corrected chi connectivity index (χ3v) is 11.3. The molecule has 4 nitrogen and oxygen atoms in total. The molecular weight excluding hydrogens is 613 g/mol. The number of hydrogen-bond acceptors (Lipinski definition) is 4. The summed E-state index contributed by atoms with van der Waals surface area (Å²) in [6, 6.07) is 47.3. The summed E-state index contributed by atoms with van der Waals surface area (Å²) in [6.45, 7) is 0. The zero-order valence-electron chi connectivity index (χ0n) is 27.4. The predicted octanol–water partition coefficient (Wildman–Crippen LogP) is 12.5. The van der Waals surface area contributed by atoms with Gasteiger partial charge in [0.1, 0.15) is 28.0 Å². The van der Waals surface area contributed by atoms with E-state index >= 15 is 0 Å². The van der Waals surface area contributed by atoms with Gasteiger partial charge in [-0.3, -0.25) is 0 Å². The van der Waals surface area contributed by atoms with Crippen molar-refractivity contribution < 1.29 is 8.83 Å². The van der Waals surface area contributed by atoms with Gasteiger partial charge in [0.15, 0.2) is 11.4 Å². The van der Waals surface area contributed by atoms with E-state index in [1.807, 2.05) is 48.5 Å². The molecular formula is C46H32N2O2. The summed E-state index contributed by atoms with van der Waals surface area (Å²) in [4.78, 5) is 10.2. The third kappa shape index (κ3) is 3.87. The van der Waals surface area contributed by atoms with Gasteiger partial charge in [0.2, 0.25) is 0 Å². The second-order valence-corrected chi connectivity index (χ2v) is 13.9. The van der Waals surface area contributed by atoms with Gasteiger partial charge in [0, 0.05) is 32.7 Å². The van der Waals surface area contributed by atoms with Crippen molar-refractivity contribution in [3.8, 4) is 44.9 Å². The number of aromatic nitrogens is 2. The first kappa shape index (κ1) is 27.9. The van der Waals surface area contributed by atoms with Gasteiger partial charge in [-0.05, 0) is 76.6 Å². The van der Waals surface area contributed by atoms with Crippen LogP contribution in [0, 0.1) is 0 Å². The molecule has 6 aromatic carbocycles. The number of para-hydroxylation sites is 2. The van der Waals surface area contributed by atoms with E-state index in [0.29, 0.717) is 11.4 Å². The molecule has 2 aliphatic carbocycles. The maximum absolute atomic E-state index is 6.75. The van der Waals surface area contributed by atoms with E-state index < -0.39 is 0 Å². The fourth-order valence-electron chi connectivity index (χ4n) is 9.12. The van der Waals surface area contributed by atoms with E-state index in [4.69, 9.17) is 18.8 Å². The molecule has 2 aliphatic rings. The van der Waals surface area contributed by atoms with Crippen LogP contribution in [0.2, 0.25) is 0 Å². The third-order valence-electron chi connectivity index (χ3n) is 11.3. The van der Waals surface area contributed by atoms with E-state index in [0.717, 1.165) is 55.2 Å². The Hall–Kier alpha value is -6.00. The van der Waals surface area contributed by atoms with Crippen molar-refractivity contribution in [3.05, 3.63) is 145 Å². The Morgan fingerprint density at radius 3 is 2.10 bits per heavy atom. The molecule has 3 aromatic heterocycles. The second kappa shape index (κ2) is 10.5. The van der Waals surface area contributed by atoms with Crippen LogP contribution in [0.25, 0.3) is 88.9 Å². The molecule has 1 spiro atoms. The maximum atomic E-state index is 6.75. The highest BCUT2D eigenvalue weighted by atomic mass is 16.3. The van der Waals surface area contributed by atoms with Crippen molar-refractivity contribution in [2.75, 3.05) is 0 Å². The second-order valence-electron chi connectivity index (χ2n) is 13.9. The van der Waals surface area contributed by atoms with Crippen LogP contribution >= 0.6 is 0 Å². The molecule has 1 fully saturated rings. The Balaban J connectivity index is 1.13. The fraction of sp³-hybridized carbons (Fsp3) is 0.130. The Labute approximate surface area is 289 Å². The summed E-state index contributed by atoms with van der Waals surface area (Å²) >= 11 is 0. The molecule has 0 amide bonds. The number of rotatable bonds is 3. The topological polar surface area (TPSA) is 52.1 Å². The monoisotopic (exact) mass is 644 g/mol. The summed E-state index contributed by atoms with van der Waals surface area (Å²) < 4.78 is 13.2. The molecule has 4 heteroatoms. The van der Waals surface area contributed by atoms with Crippen molar-refractivity contribution in [3.63, 3.8) is 0 Å². The Kier molecular flexibility index (Phi) is 5.86. The Morgan fingerprint density at radius 2 is 1.18 bits per heavy atom. The van der Waals surface area contributed by atoms with Crippen molar-refractivity contribution >= 4 is 44.0 Å². The van der Waals surface area contributed by atoms with Crippen LogP contribution in [0.1, 0.15) is 43.2 Å². The van der Waals surface area contributed by atoms with Crippen molar-refractivity contribution in [1.29, 1.82) is 0 Å². The zero-order valence-corrected chi connectivity index (χ0v) is 27.4. The molecule has 9 aromatic rings. The van der Waals surface area contributed by atoms with Gasteiger partial charge in [0.25, 0.3) is 0 Å². The number of furan rings is 2. The van der Waals surface area contributed by atoms with Gasteiger partial charge in [-0.15, -0.1) is 0 Å². The molecule has 11 rings (SSSR count). The van der Waals surface area contributed by atoms with Crippen molar-refractivity contribution in [1.82, 2.24) is 9.97 Å². The summed E-state index contributed by atoms with van der Waals surface area (Å²) in [5.74, 6) is 0.658. The van der Waals surface area contributed by atoms with Gasteiger partial charge in [-0.25, -0.2) is 9.97 Å². The number of fused-ring (bicyclic) bond motifs is 11. The highest BCUT2D eigenvalue weighted by Gasteiger charge is 2.45. The van der Waals surface area contributed by atoms with E-state index in [2.05, 4.69) is 84.9 Å². The fourth-order valence-corrected chi connectivity index (χ4v) is 9.12. The van der Waals surface area contributed by atoms with Crippen LogP contribution in [-0.2, 0) is 5.41 Å². The van der Waals surface area contributed by atoms with Gasteiger partial charge < -0.3 is 8.83 Å². The first-order chi connectivity index (χ1) is 24.8. The Bertz CT molecular complexity index is 2800. The van der Waals surface area contributed by atoms with Crippen LogP contribution in [0.4, 0.5) is 0 Å². The molecule has 238 valence electrons. The Morgan fingerprint density at radius 1 is 0.480 bits per heavy atom. The summed E-state index contributed by atoms with van der Waals surface area (Å²) in [6.07, 6.45) is 6.26. The molecule has 1 saturated carbocycles. The van der Waals surface area contributed by atoms with Gasteiger partial charge in [-0.2, -0.15) is 0 Å². The largest absolute Gasteiger partial charge is 0.455 e. The predicted molar refractivity (Wildman–Crippen MR) is 202 cm³/mol. The van der Waals surface area contributed by atoms with Crippen LogP contribution < -0.4 is 0 Å². The average molecular weight is 645 g/mol. The summed E-state index contributed by atoms with van der Waals surface area (Å²) in [5.41, 5.74) is 14.9. The lowest BCUT2D eigenvalue weighted by Gasteiger charge is -2.37. The molecule has 0 N–H and O–H groups in total. The lowest BCUT2D eigenvalue weighted by atomic mass is 9.66. The van der Waals surface area contributed by atoms with E-state index in [1.54, 1.807) is 0 Å². The molecule has 50 heavy (non-hydrogen) atoms. The van der Waals surface area contributed by atoms with E-state index in [1.165, 1.54) is 65.5 Å². The molecule has 0 atom stereocenters. The highest BCUT2D eigenvalue weighted by Crippen LogP contribution is 2.58. The van der Waals surface area contributed by atoms with Crippen molar-refractivity contribution in [2.24, 2.45) is 0 Å². The summed E-state index contributed by atoms with van der Waals surface area (Å²) in [5, 5.41) is 3.13. The van der Waals surface area contributed by atoms with Crippen LogP contribution in [-0.4, -0.2) is 9.97 Å². The number of benzene rings is 6. The number of hydrogen-bond donors (Lipinski definition) is 0. The molecule has 0 unspecified atom stereocenters. The van der Waals surface area contributed by atoms with Gasteiger partial charge in [0.05, 0.1) is 0 Å². The van der Waals surface area contributed by atoms with Crippen LogP contribution in [0.15, 0.2) is 142 Å². The minimum atomic E-state index is 0.0722. The zero-order chi connectivity index (χ0) is 32.8. The molecule has 0 radical (unpaired) electrons. The van der Waals surface area contributed by atoms with E-state index in [-0.39, 0.29) is 5.41 Å². The molecule has 0 saturated heterocycles. The standard InChI is InChI=1S/C46H32N2O2/c1-3-13-28(14-4-1)45-47-41-34-16-6-8-22-38(34)50-44(41)42(48-45)35-20-12-19-33-36-27-29(23-24-39(36)49-43(33)35)30-17-11-18-32-31-15-5-7-21-37(31)46(40(30)32)25-9-2-10-26-46/h1,3-8,11-24,27H,2,9-10,25-26H2. The maximum Gasteiger partial charge on any atom is 0.180 e. The normalized spacial score (nSPS) is 15.0. The summed E-state index contributed by atoms with van der Waals surface area (Å²) in [7, 11) is 0. The van der Waals surface area contributed by atoms with E-state index in [9.17, 15) is 0 Å². The van der Waals surface area contributed by atoms with Crippen LogP contribution in [0.5, 0.6) is 0 Å². The average Bonchev–Trinajstić information content (AvgIpc) is 3.84. The van der Waals surface area contributed by atoms with Crippen LogP contribution in [0.3, 0.4) is 0 Å². The molecule has 0 aliphatic heterocycles.